The summed E-state index contributed by atoms with van der Waals surface area (Å²) in [4.78, 5) is 15.1. The molecule has 0 aliphatic rings. The Bertz CT molecular complexity index is 587. The van der Waals surface area contributed by atoms with Crippen LogP contribution < -0.4 is 5.32 Å². The van der Waals surface area contributed by atoms with E-state index in [1.54, 1.807) is 6.07 Å². The fourth-order valence-corrected chi connectivity index (χ4v) is 1.63. The van der Waals surface area contributed by atoms with E-state index in [1.165, 1.54) is 18.2 Å². The third-order valence-electron chi connectivity index (χ3n) is 2.17. The van der Waals surface area contributed by atoms with Gasteiger partial charge in [-0.1, -0.05) is 15.9 Å². The summed E-state index contributed by atoms with van der Waals surface area (Å²) in [6.07, 6.45) is 1.08. The molecule has 3 nitrogen and oxygen atoms in total. The second-order valence-corrected chi connectivity index (χ2v) is 4.36. The van der Waals surface area contributed by atoms with Crippen LogP contribution in [0.15, 0.2) is 41.0 Å². The van der Waals surface area contributed by atoms with Crippen LogP contribution in [-0.4, -0.2) is 10.9 Å². The Kier molecular flexibility index (Phi) is 3.66. The molecule has 1 heterocycles. The lowest BCUT2D eigenvalue weighted by Gasteiger charge is -2.06. The molecule has 0 atom stereocenters. The maximum atomic E-state index is 13.5. The molecule has 0 spiro atoms. The van der Waals surface area contributed by atoms with Gasteiger partial charge < -0.3 is 5.32 Å². The monoisotopic (exact) mass is 312 g/mol. The van der Waals surface area contributed by atoms with Gasteiger partial charge in [0.1, 0.15) is 5.82 Å². The van der Waals surface area contributed by atoms with Gasteiger partial charge in [-0.3, -0.25) is 4.79 Å². The average molecular weight is 313 g/mol. The molecule has 0 saturated heterocycles. The number of benzene rings is 1. The van der Waals surface area contributed by atoms with Crippen LogP contribution in [0.4, 0.5) is 14.5 Å². The molecule has 92 valence electrons. The Hall–Kier alpha value is -1.82. The standard InChI is InChI=1S/C12H7BrF2N2O/c13-8-2-3-10(9(14)5-8)17-12(18)7-1-4-11(15)16-6-7/h1-6H,(H,17,18). The van der Waals surface area contributed by atoms with Crippen molar-refractivity contribution in [2.45, 2.75) is 0 Å². The molecule has 1 N–H and O–H groups in total. The van der Waals surface area contributed by atoms with Crippen molar-refractivity contribution in [3.05, 3.63) is 58.3 Å². The second kappa shape index (κ2) is 5.22. The van der Waals surface area contributed by atoms with Crippen LogP contribution in [-0.2, 0) is 0 Å². The van der Waals surface area contributed by atoms with Crippen LogP contribution in [0.1, 0.15) is 10.4 Å². The number of carbonyl (C=O) groups excluding carboxylic acids is 1. The number of hydrogen-bond acceptors (Lipinski definition) is 2. The molecule has 6 heteroatoms. The van der Waals surface area contributed by atoms with Crippen molar-refractivity contribution in [2.75, 3.05) is 5.32 Å². The van der Waals surface area contributed by atoms with Gasteiger partial charge >= 0.3 is 0 Å². The van der Waals surface area contributed by atoms with Gasteiger partial charge in [0.15, 0.2) is 0 Å². The highest BCUT2D eigenvalue weighted by molar-refractivity contribution is 9.10. The molecular weight excluding hydrogens is 306 g/mol. The predicted octanol–water partition coefficient (Wildman–Crippen LogP) is 3.37. The van der Waals surface area contributed by atoms with E-state index in [2.05, 4.69) is 26.2 Å². The summed E-state index contributed by atoms with van der Waals surface area (Å²) in [6, 6.07) is 6.59. The molecule has 0 fully saturated rings. The van der Waals surface area contributed by atoms with Crippen LogP contribution >= 0.6 is 15.9 Å². The molecule has 0 unspecified atom stereocenters. The van der Waals surface area contributed by atoms with Crippen LogP contribution in [0.3, 0.4) is 0 Å². The topological polar surface area (TPSA) is 42.0 Å². The van der Waals surface area contributed by atoms with Gasteiger partial charge in [0.05, 0.1) is 11.3 Å². The number of amides is 1. The normalized spacial score (nSPS) is 10.2. The average Bonchev–Trinajstić information content (AvgIpc) is 2.33. The van der Waals surface area contributed by atoms with E-state index < -0.39 is 17.7 Å². The Balaban J connectivity index is 2.18. The van der Waals surface area contributed by atoms with E-state index in [0.29, 0.717) is 4.47 Å². The van der Waals surface area contributed by atoms with Gasteiger partial charge in [0.25, 0.3) is 5.91 Å². The lowest BCUT2D eigenvalue weighted by atomic mass is 10.2. The zero-order valence-corrected chi connectivity index (χ0v) is 10.5. The number of aromatic nitrogens is 1. The van der Waals surface area contributed by atoms with Gasteiger partial charge in [-0.05, 0) is 30.3 Å². The third-order valence-corrected chi connectivity index (χ3v) is 2.66. The molecule has 18 heavy (non-hydrogen) atoms. The zero-order chi connectivity index (χ0) is 13.1. The van der Waals surface area contributed by atoms with E-state index in [9.17, 15) is 13.6 Å². The van der Waals surface area contributed by atoms with E-state index in [0.717, 1.165) is 12.3 Å². The molecule has 0 saturated carbocycles. The number of hydrogen-bond donors (Lipinski definition) is 1. The third kappa shape index (κ3) is 2.89. The number of nitrogens with zero attached hydrogens (tertiary/aromatic N) is 1. The van der Waals surface area contributed by atoms with E-state index in [1.807, 2.05) is 0 Å². The fraction of sp³-hybridized carbons (Fsp3) is 0. The quantitative estimate of drug-likeness (QED) is 0.864. The molecule has 0 aliphatic carbocycles. The molecule has 1 amide bonds. The summed E-state index contributed by atoms with van der Waals surface area (Å²) < 4.78 is 26.6. The first-order chi connectivity index (χ1) is 8.56. The van der Waals surface area contributed by atoms with Gasteiger partial charge in [-0.25, -0.2) is 9.37 Å². The highest BCUT2D eigenvalue weighted by Crippen LogP contribution is 2.19. The maximum absolute atomic E-state index is 13.5. The lowest BCUT2D eigenvalue weighted by molar-refractivity contribution is 0.102. The smallest absolute Gasteiger partial charge is 0.257 e. The predicted molar refractivity (Wildman–Crippen MR) is 66.2 cm³/mol. The van der Waals surface area contributed by atoms with Crippen LogP contribution in [0.25, 0.3) is 0 Å². The van der Waals surface area contributed by atoms with Crippen molar-refractivity contribution >= 4 is 27.5 Å². The first kappa shape index (κ1) is 12.6. The molecule has 1 aromatic carbocycles. The summed E-state index contributed by atoms with van der Waals surface area (Å²) >= 11 is 3.11. The van der Waals surface area contributed by atoms with Gasteiger partial charge in [0.2, 0.25) is 5.95 Å². The first-order valence-corrected chi connectivity index (χ1v) is 5.73. The molecule has 0 bridgehead atoms. The number of halogens is 3. The van der Waals surface area contributed by atoms with Gasteiger partial charge in [-0.15, -0.1) is 0 Å². The lowest BCUT2D eigenvalue weighted by Crippen LogP contribution is -2.13. The summed E-state index contributed by atoms with van der Waals surface area (Å²) in [6.45, 7) is 0. The summed E-state index contributed by atoms with van der Waals surface area (Å²) in [7, 11) is 0. The van der Waals surface area contributed by atoms with E-state index in [-0.39, 0.29) is 11.3 Å². The fourth-order valence-electron chi connectivity index (χ4n) is 1.30. The minimum absolute atomic E-state index is 0.0486. The molecule has 2 aromatic rings. The van der Waals surface area contributed by atoms with Crippen molar-refractivity contribution in [1.29, 1.82) is 0 Å². The van der Waals surface area contributed by atoms with E-state index >= 15 is 0 Å². The Morgan fingerprint density at radius 2 is 2.00 bits per heavy atom. The molecule has 1 aromatic heterocycles. The van der Waals surface area contributed by atoms with Crippen LogP contribution in [0, 0.1) is 11.8 Å². The summed E-state index contributed by atoms with van der Waals surface area (Å²) in [5, 5.41) is 2.38. The first-order valence-electron chi connectivity index (χ1n) is 4.94. The largest absolute Gasteiger partial charge is 0.319 e. The Morgan fingerprint density at radius 3 is 2.61 bits per heavy atom. The maximum Gasteiger partial charge on any atom is 0.257 e. The van der Waals surface area contributed by atoms with Crippen molar-refractivity contribution in [1.82, 2.24) is 4.98 Å². The van der Waals surface area contributed by atoms with Crippen molar-refractivity contribution in [3.63, 3.8) is 0 Å². The van der Waals surface area contributed by atoms with Crippen LogP contribution in [0.2, 0.25) is 0 Å². The molecule has 2 rings (SSSR count). The molecular formula is C12H7BrF2N2O. The van der Waals surface area contributed by atoms with Crippen LogP contribution in [0.5, 0.6) is 0 Å². The number of anilines is 1. The SMILES string of the molecule is O=C(Nc1ccc(Br)cc1F)c1ccc(F)nc1. The number of pyridine rings is 1. The minimum atomic E-state index is -0.679. The van der Waals surface area contributed by atoms with Gasteiger partial charge in [0, 0.05) is 10.7 Å². The highest BCUT2D eigenvalue weighted by atomic mass is 79.9. The minimum Gasteiger partial charge on any atom is -0.319 e. The summed E-state index contributed by atoms with van der Waals surface area (Å²) in [5.74, 6) is -1.79. The summed E-state index contributed by atoms with van der Waals surface area (Å²) in [5.41, 5.74) is 0.200. The Labute approximate surface area is 110 Å². The zero-order valence-electron chi connectivity index (χ0n) is 8.95. The van der Waals surface area contributed by atoms with Gasteiger partial charge in [-0.2, -0.15) is 4.39 Å². The number of rotatable bonds is 2. The number of carbonyl (C=O) groups is 1. The van der Waals surface area contributed by atoms with E-state index in [4.69, 9.17) is 0 Å². The molecule has 0 aliphatic heterocycles. The Morgan fingerprint density at radius 1 is 1.22 bits per heavy atom. The van der Waals surface area contributed by atoms with Crippen molar-refractivity contribution in [3.8, 4) is 0 Å². The van der Waals surface area contributed by atoms with Crippen molar-refractivity contribution in [2.24, 2.45) is 0 Å². The second-order valence-electron chi connectivity index (χ2n) is 3.45. The number of nitrogens with one attached hydrogen (secondary N) is 1. The van der Waals surface area contributed by atoms with Crippen molar-refractivity contribution < 1.29 is 13.6 Å². The molecule has 0 radical (unpaired) electrons. The highest BCUT2D eigenvalue weighted by Gasteiger charge is 2.10.